The lowest BCUT2D eigenvalue weighted by atomic mass is 9.96. The molecule has 14 heteroatoms. The number of para-hydroxylation sites is 2. The van der Waals surface area contributed by atoms with Crippen LogP contribution in [-0.4, -0.2) is 43.3 Å². The number of ether oxygens (including phenoxy) is 4. The highest BCUT2D eigenvalue weighted by Crippen LogP contribution is 2.37. The van der Waals surface area contributed by atoms with E-state index in [1.807, 2.05) is 109 Å². The van der Waals surface area contributed by atoms with Crippen LogP contribution in [0.15, 0.2) is 164 Å². The summed E-state index contributed by atoms with van der Waals surface area (Å²) in [7, 11) is -7.83. The van der Waals surface area contributed by atoms with Crippen LogP contribution in [0.3, 0.4) is 0 Å². The monoisotopic (exact) mass is 954 g/mol. The van der Waals surface area contributed by atoms with Crippen LogP contribution >= 0.6 is 0 Å². The maximum absolute atomic E-state index is 13.6. The van der Waals surface area contributed by atoms with Gasteiger partial charge in [-0.15, -0.1) is 0 Å². The molecule has 68 heavy (non-hydrogen) atoms. The van der Waals surface area contributed by atoms with Gasteiger partial charge in [-0.3, -0.25) is 0 Å². The third-order valence-corrected chi connectivity index (χ3v) is 14.7. The number of furan rings is 2. The molecule has 2 atom stereocenters. The van der Waals surface area contributed by atoms with Crippen LogP contribution in [0.1, 0.15) is 85.4 Å². The van der Waals surface area contributed by atoms with Gasteiger partial charge in [0.25, 0.3) is 0 Å². The molecule has 2 N–H and O–H groups in total. The van der Waals surface area contributed by atoms with Crippen molar-refractivity contribution in [1.29, 1.82) is 0 Å². The van der Waals surface area contributed by atoms with Crippen molar-refractivity contribution in [2.75, 3.05) is 26.4 Å². The average Bonchev–Trinajstić information content (AvgIpc) is 3.81. The highest BCUT2D eigenvalue weighted by atomic mass is 32.2. The third kappa shape index (κ3) is 10.4. The van der Waals surface area contributed by atoms with Crippen molar-refractivity contribution in [1.82, 2.24) is 9.44 Å². The minimum Gasteiger partial charge on any atom is -0.490 e. The normalized spacial score (nSPS) is 14.6. The SMILES string of the molecule is CCCc1ccccc1[C@@H](NS(=O)(=O)c1ccc2c(c1)OCCCO2)c1cc2ccccc2o1.CCCc1ccccc1[C@H](NS(=O)(=O)c1ccc2c(c1)OCCCO2)c1cc2ccccc2o1. The van der Waals surface area contributed by atoms with Crippen LogP contribution in [0.4, 0.5) is 0 Å². The minimum atomic E-state index is -3.92. The van der Waals surface area contributed by atoms with Crippen LogP contribution < -0.4 is 28.4 Å². The van der Waals surface area contributed by atoms with Crippen LogP contribution in [0.2, 0.25) is 0 Å². The van der Waals surface area contributed by atoms with Crippen LogP contribution in [0.25, 0.3) is 21.9 Å². The summed E-state index contributed by atoms with van der Waals surface area (Å²) in [6.45, 7) is 6.26. The molecule has 8 aromatic rings. The summed E-state index contributed by atoms with van der Waals surface area (Å²) in [6.07, 6.45) is 5.05. The number of nitrogens with one attached hydrogen (secondary N) is 2. The van der Waals surface area contributed by atoms with Gasteiger partial charge in [-0.25, -0.2) is 16.8 Å². The van der Waals surface area contributed by atoms with Crippen molar-refractivity contribution >= 4 is 42.0 Å². The lowest BCUT2D eigenvalue weighted by Gasteiger charge is -2.21. The van der Waals surface area contributed by atoms with E-state index in [-0.39, 0.29) is 9.79 Å². The summed E-state index contributed by atoms with van der Waals surface area (Å²) in [5.74, 6) is 3.07. The highest BCUT2D eigenvalue weighted by molar-refractivity contribution is 7.89. The summed E-state index contributed by atoms with van der Waals surface area (Å²) in [4.78, 5) is 0.233. The number of hydrogen-bond acceptors (Lipinski definition) is 10. The second-order valence-corrected chi connectivity index (χ2v) is 20.1. The molecule has 352 valence electrons. The zero-order valence-electron chi connectivity index (χ0n) is 38.0. The van der Waals surface area contributed by atoms with E-state index in [0.717, 1.165) is 71.6 Å². The Labute approximate surface area is 397 Å². The molecule has 0 aliphatic carbocycles. The molecule has 0 radical (unpaired) electrons. The van der Waals surface area contributed by atoms with E-state index in [1.54, 1.807) is 24.3 Å². The molecular weight excluding hydrogens is 901 g/mol. The zero-order valence-corrected chi connectivity index (χ0v) is 39.6. The molecule has 0 bridgehead atoms. The average molecular weight is 955 g/mol. The minimum absolute atomic E-state index is 0.117. The number of aryl methyl sites for hydroxylation is 2. The molecule has 2 aliphatic rings. The van der Waals surface area contributed by atoms with Gasteiger partial charge in [0.15, 0.2) is 23.0 Å². The van der Waals surface area contributed by atoms with E-state index < -0.39 is 32.1 Å². The fourth-order valence-electron chi connectivity index (χ4n) is 8.53. The van der Waals surface area contributed by atoms with Gasteiger partial charge in [0.05, 0.1) is 36.2 Å². The summed E-state index contributed by atoms with van der Waals surface area (Å²) >= 11 is 0. The van der Waals surface area contributed by atoms with Crippen molar-refractivity contribution in [2.45, 2.75) is 74.2 Å². The van der Waals surface area contributed by atoms with Crippen molar-refractivity contribution in [3.63, 3.8) is 0 Å². The molecule has 12 nitrogen and oxygen atoms in total. The van der Waals surface area contributed by atoms with Crippen LogP contribution in [0, 0.1) is 0 Å². The maximum Gasteiger partial charge on any atom is 0.241 e. The van der Waals surface area contributed by atoms with Gasteiger partial charge in [-0.1, -0.05) is 112 Å². The van der Waals surface area contributed by atoms with Gasteiger partial charge in [0.2, 0.25) is 20.0 Å². The second-order valence-electron chi connectivity index (χ2n) is 16.7. The van der Waals surface area contributed by atoms with Crippen LogP contribution in [0.5, 0.6) is 23.0 Å². The molecule has 0 spiro atoms. The number of sulfonamides is 2. The first-order valence-electron chi connectivity index (χ1n) is 23.1. The van der Waals surface area contributed by atoms with Crippen molar-refractivity contribution < 1.29 is 44.6 Å². The maximum atomic E-state index is 13.6. The molecule has 6 aromatic carbocycles. The van der Waals surface area contributed by atoms with Crippen molar-refractivity contribution in [2.24, 2.45) is 0 Å². The Morgan fingerprint density at radius 1 is 0.456 bits per heavy atom. The van der Waals surface area contributed by atoms with Crippen molar-refractivity contribution in [3.8, 4) is 23.0 Å². The van der Waals surface area contributed by atoms with Gasteiger partial charge < -0.3 is 27.8 Å². The van der Waals surface area contributed by atoms with E-state index in [1.165, 1.54) is 12.1 Å². The Morgan fingerprint density at radius 2 is 0.838 bits per heavy atom. The first kappa shape index (κ1) is 46.5. The Hall–Kier alpha value is -6.58. The molecule has 4 heterocycles. The van der Waals surface area contributed by atoms with Gasteiger partial charge in [0.1, 0.15) is 34.8 Å². The second kappa shape index (κ2) is 20.7. The summed E-state index contributed by atoms with van der Waals surface area (Å²) in [6, 6.07) is 43.0. The molecular formula is C54H54N2O10S2. The summed E-state index contributed by atoms with van der Waals surface area (Å²) in [5.41, 5.74) is 5.34. The van der Waals surface area contributed by atoms with E-state index in [4.69, 9.17) is 27.8 Å². The van der Waals surface area contributed by atoms with Gasteiger partial charge in [-0.2, -0.15) is 9.44 Å². The molecule has 0 unspecified atom stereocenters. The van der Waals surface area contributed by atoms with E-state index >= 15 is 0 Å². The van der Waals surface area contributed by atoms with Gasteiger partial charge >= 0.3 is 0 Å². The predicted octanol–water partition coefficient (Wildman–Crippen LogP) is 11.2. The summed E-state index contributed by atoms with van der Waals surface area (Å²) < 4.78 is 95.2. The number of hydrogen-bond donors (Lipinski definition) is 2. The van der Waals surface area contributed by atoms with Gasteiger partial charge in [-0.05, 0) is 83.6 Å². The summed E-state index contributed by atoms with van der Waals surface area (Å²) in [5, 5.41) is 1.84. The quantitative estimate of drug-likeness (QED) is 0.108. The lowest BCUT2D eigenvalue weighted by molar-refractivity contribution is 0.296. The Morgan fingerprint density at radius 3 is 1.25 bits per heavy atom. The smallest absolute Gasteiger partial charge is 0.241 e. The molecule has 0 fully saturated rings. The van der Waals surface area contributed by atoms with Gasteiger partial charge in [0, 0.05) is 35.7 Å². The fourth-order valence-corrected chi connectivity index (χ4v) is 10.9. The first-order chi connectivity index (χ1) is 33.1. The third-order valence-electron chi connectivity index (χ3n) is 11.8. The number of fused-ring (bicyclic) bond motifs is 4. The molecule has 0 amide bonds. The van der Waals surface area contributed by atoms with E-state index in [2.05, 4.69) is 23.3 Å². The van der Waals surface area contributed by atoms with E-state index in [0.29, 0.717) is 72.1 Å². The Balaban J connectivity index is 0.000000170. The first-order valence-corrected chi connectivity index (χ1v) is 26.0. The Bertz CT molecular complexity index is 2970. The molecule has 2 aromatic heterocycles. The molecule has 10 rings (SSSR count). The van der Waals surface area contributed by atoms with Crippen LogP contribution in [-0.2, 0) is 32.9 Å². The largest absolute Gasteiger partial charge is 0.490 e. The predicted molar refractivity (Wildman–Crippen MR) is 262 cm³/mol. The molecule has 0 saturated heterocycles. The molecule has 2 aliphatic heterocycles. The molecule has 0 saturated carbocycles. The number of benzene rings is 6. The van der Waals surface area contributed by atoms with E-state index in [9.17, 15) is 16.8 Å². The fraction of sp³-hybridized carbons (Fsp3) is 0.259. The lowest BCUT2D eigenvalue weighted by Crippen LogP contribution is -2.30. The zero-order chi connectivity index (χ0) is 47.1. The highest BCUT2D eigenvalue weighted by Gasteiger charge is 2.30. The number of rotatable bonds is 14. The topological polar surface area (TPSA) is 156 Å². The standard InChI is InChI=1S/2C27H27NO5S/c2*1-2-8-19-9-3-5-11-22(19)27(26-17-20-10-4-6-12-23(20)33-26)28-34(29,30)21-13-14-24-25(18-21)32-16-7-15-31-24/h2*3-6,9-14,17-18,27-28H,2,7-8,15-16H2,1H3/t2*27-/m10/s1. The Kier molecular flexibility index (Phi) is 14.2. The van der Waals surface area contributed by atoms with Crippen molar-refractivity contribution in [3.05, 3.63) is 179 Å².